The van der Waals surface area contributed by atoms with Crippen molar-refractivity contribution in [3.05, 3.63) is 127 Å². The molecule has 0 bridgehead atoms. The molecule has 1 heteroatoms. The summed E-state index contributed by atoms with van der Waals surface area (Å²) in [7, 11) is 0. The van der Waals surface area contributed by atoms with E-state index >= 15 is 0 Å². The first kappa shape index (κ1) is 18.1. The van der Waals surface area contributed by atoms with Gasteiger partial charge in [-0.2, -0.15) is 0 Å². The molecule has 0 N–H and O–H groups in total. The van der Waals surface area contributed by atoms with Crippen molar-refractivity contribution < 1.29 is 0 Å². The van der Waals surface area contributed by atoms with Crippen LogP contribution >= 0.6 is 0 Å². The Labute approximate surface area is 166 Å². The quantitative estimate of drug-likeness (QED) is 0.389. The monoisotopic (exact) mass is 456 g/mol. The normalized spacial score (nSPS) is 12.5. The van der Waals surface area contributed by atoms with Crippen LogP contribution in [0.25, 0.3) is 0 Å². The first-order chi connectivity index (χ1) is 13.3. The van der Waals surface area contributed by atoms with Gasteiger partial charge in [-0.25, -0.2) is 0 Å². The average Bonchev–Trinajstić information content (AvgIpc) is 2.77. The first-order valence-electron chi connectivity index (χ1n) is 9.55. The molecule has 4 rings (SSSR count). The van der Waals surface area contributed by atoms with Crippen LogP contribution in [-0.4, -0.2) is 18.4 Å². The van der Waals surface area contributed by atoms with Crippen LogP contribution in [0.15, 0.2) is 121 Å². The van der Waals surface area contributed by atoms with Crippen molar-refractivity contribution in [3.8, 4) is 0 Å². The fraction of sp³-hybridized carbons (Fsp3) is 0.0769. The van der Waals surface area contributed by atoms with Gasteiger partial charge in [-0.1, -0.05) is 0 Å². The molecule has 1 atom stereocenters. The topological polar surface area (TPSA) is 0 Å². The molecule has 0 amide bonds. The van der Waals surface area contributed by atoms with Crippen LogP contribution < -0.4 is 10.7 Å². The maximum absolute atomic E-state index is 3.30. The van der Waals surface area contributed by atoms with E-state index in [0.717, 1.165) is 0 Å². The van der Waals surface area contributed by atoms with Gasteiger partial charge in [0.2, 0.25) is 0 Å². The Kier molecular flexibility index (Phi) is 5.45. The third-order valence-corrected chi connectivity index (χ3v) is 20.9. The third kappa shape index (κ3) is 3.34. The van der Waals surface area contributed by atoms with Crippen LogP contribution in [-0.2, 0) is 0 Å². The van der Waals surface area contributed by atoms with Gasteiger partial charge >= 0.3 is 167 Å². The van der Waals surface area contributed by atoms with Gasteiger partial charge in [0, 0.05) is 0 Å². The zero-order valence-corrected chi connectivity index (χ0v) is 18.5. The summed E-state index contributed by atoms with van der Waals surface area (Å²) in [6.45, 7) is 2.44. The second-order valence-electron chi connectivity index (χ2n) is 7.04. The molecule has 0 aliphatic carbocycles. The predicted molar refractivity (Wildman–Crippen MR) is 119 cm³/mol. The van der Waals surface area contributed by atoms with Gasteiger partial charge in [0.05, 0.1) is 0 Å². The van der Waals surface area contributed by atoms with E-state index in [1.165, 1.54) is 16.3 Å². The van der Waals surface area contributed by atoms with Crippen molar-refractivity contribution in [1.29, 1.82) is 0 Å². The summed E-state index contributed by atoms with van der Waals surface area (Å²) in [5.74, 6) is 0. The van der Waals surface area contributed by atoms with E-state index in [-0.39, 0.29) is 0 Å². The molecular weight excluding hydrogens is 431 g/mol. The van der Waals surface area contributed by atoms with E-state index in [0.29, 0.717) is 3.93 Å². The molecule has 0 nitrogen and oxygen atoms in total. The molecule has 0 aromatic heterocycles. The summed E-state index contributed by atoms with van der Waals surface area (Å²) in [6.07, 6.45) is 0. The fourth-order valence-electron chi connectivity index (χ4n) is 4.34. The van der Waals surface area contributed by atoms with E-state index < -0.39 is 18.4 Å². The molecule has 132 valence electrons. The summed E-state index contributed by atoms with van der Waals surface area (Å²) < 4.78 is 5.06. The molecule has 4 aromatic rings. The van der Waals surface area contributed by atoms with E-state index in [4.69, 9.17) is 0 Å². The molecule has 4 aromatic carbocycles. The van der Waals surface area contributed by atoms with E-state index in [1.54, 1.807) is 0 Å². The first-order valence-corrected chi connectivity index (χ1v) is 15.5. The van der Waals surface area contributed by atoms with Gasteiger partial charge in [-0.15, -0.1) is 0 Å². The molecule has 27 heavy (non-hydrogen) atoms. The summed E-state index contributed by atoms with van der Waals surface area (Å²) >= 11 is -3.30. The van der Waals surface area contributed by atoms with Gasteiger partial charge in [0.25, 0.3) is 0 Å². The molecule has 0 aliphatic rings. The van der Waals surface area contributed by atoms with Crippen molar-refractivity contribution in [2.24, 2.45) is 0 Å². The maximum atomic E-state index is 2.44. The Balaban J connectivity index is 2.07. The van der Waals surface area contributed by atoms with Crippen LogP contribution in [0, 0.1) is 0 Å². The van der Waals surface area contributed by atoms with Crippen molar-refractivity contribution in [2.75, 3.05) is 0 Å². The van der Waals surface area contributed by atoms with Crippen LogP contribution in [0.3, 0.4) is 0 Å². The van der Waals surface area contributed by atoms with Gasteiger partial charge in [-0.3, -0.25) is 0 Å². The SMILES string of the molecule is C[CH](c1ccccc1)[Sn]([c]1ccccc1)([c]1ccccc1)[c]1ccccc1. The number of hydrogen-bond donors (Lipinski definition) is 0. The van der Waals surface area contributed by atoms with Crippen molar-refractivity contribution >= 4 is 29.1 Å². The van der Waals surface area contributed by atoms with Crippen molar-refractivity contribution in [1.82, 2.24) is 0 Å². The second kappa shape index (κ2) is 8.14. The predicted octanol–water partition coefficient (Wildman–Crippen LogP) is 4.50. The molecule has 0 heterocycles. The van der Waals surface area contributed by atoms with Crippen LogP contribution in [0.2, 0.25) is 0 Å². The molecule has 1 unspecified atom stereocenters. The zero-order chi connectivity index (χ0) is 18.5. The van der Waals surface area contributed by atoms with Crippen LogP contribution in [0.1, 0.15) is 16.4 Å². The number of benzene rings is 4. The summed E-state index contributed by atoms with van der Waals surface area (Å²) in [4.78, 5) is 0. The Morgan fingerprint density at radius 1 is 0.444 bits per heavy atom. The Bertz CT molecular complexity index is 867. The minimum atomic E-state index is -3.30. The Hall–Kier alpha value is -2.32. The summed E-state index contributed by atoms with van der Waals surface area (Å²) in [6, 6.07) is 44.8. The van der Waals surface area contributed by atoms with E-state index in [1.807, 2.05) is 0 Å². The molecule has 0 spiro atoms. The fourth-order valence-corrected chi connectivity index (χ4v) is 19.6. The van der Waals surface area contributed by atoms with Crippen LogP contribution in [0.5, 0.6) is 0 Å². The second-order valence-corrected chi connectivity index (χ2v) is 19.1. The molecule has 0 radical (unpaired) electrons. The Morgan fingerprint density at radius 3 is 1.07 bits per heavy atom. The minimum absolute atomic E-state index is 0.479. The average molecular weight is 455 g/mol. The van der Waals surface area contributed by atoms with Crippen LogP contribution in [0.4, 0.5) is 0 Å². The van der Waals surface area contributed by atoms with Crippen molar-refractivity contribution in [2.45, 2.75) is 10.9 Å². The van der Waals surface area contributed by atoms with Gasteiger partial charge in [-0.05, 0) is 0 Å². The standard InChI is InChI=1S/C8H9.3C6H5.Sn/c1-2-8-6-4-3-5-7-8;3*1-2-4-6-5-3-1;/h2-7H,1H3;3*1-5H;. The number of hydrogen-bond acceptors (Lipinski definition) is 0. The molecule has 0 saturated heterocycles. The van der Waals surface area contributed by atoms with Gasteiger partial charge in [0.1, 0.15) is 0 Å². The summed E-state index contributed by atoms with van der Waals surface area (Å²) in [5.41, 5.74) is 1.44. The molecule has 0 fully saturated rings. The van der Waals surface area contributed by atoms with Gasteiger partial charge < -0.3 is 0 Å². The molecule has 0 aliphatic heterocycles. The molecule has 0 saturated carbocycles. The zero-order valence-electron chi connectivity index (χ0n) is 15.6. The van der Waals surface area contributed by atoms with Gasteiger partial charge in [0.15, 0.2) is 0 Å². The van der Waals surface area contributed by atoms with E-state index in [2.05, 4.69) is 128 Å². The molecular formula is C26H24Sn. The third-order valence-electron chi connectivity index (χ3n) is 5.64. The Morgan fingerprint density at radius 2 is 0.741 bits per heavy atom. The summed E-state index contributed by atoms with van der Waals surface area (Å²) in [5, 5.41) is 0. The van der Waals surface area contributed by atoms with E-state index in [9.17, 15) is 0 Å². The van der Waals surface area contributed by atoms with Crippen molar-refractivity contribution in [3.63, 3.8) is 0 Å². The number of rotatable bonds is 5.